The molecule has 82 valence electrons. The molecule has 4 heteroatoms. The number of alkyl halides is 3. The number of rotatable bonds is 1. The first-order valence-corrected chi connectivity index (χ1v) is 4.85. The lowest BCUT2D eigenvalue weighted by atomic mass is 10.0. The summed E-state index contributed by atoms with van der Waals surface area (Å²) in [6, 6.07) is 4.86. The summed E-state index contributed by atoms with van der Waals surface area (Å²) in [5.41, 5.74) is 1.69. The number of hydrogen-bond acceptors (Lipinski definition) is 1. The van der Waals surface area contributed by atoms with Crippen LogP contribution in [-0.4, -0.2) is 6.36 Å². The maximum absolute atomic E-state index is 12.1. The van der Waals surface area contributed by atoms with E-state index in [1.54, 1.807) is 6.07 Å². The maximum Gasteiger partial charge on any atom is 0.573 e. The summed E-state index contributed by atoms with van der Waals surface area (Å²) in [5.74, 6) is 0.293. The lowest BCUT2D eigenvalue weighted by Crippen LogP contribution is -2.18. The van der Waals surface area contributed by atoms with E-state index < -0.39 is 6.36 Å². The van der Waals surface area contributed by atoms with Gasteiger partial charge < -0.3 is 4.74 Å². The highest BCUT2D eigenvalue weighted by molar-refractivity contribution is 5.45. The number of benzene rings is 1. The van der Waals surface area contributed by atoms with Gasteiger partial charge in [0.25, 0.3) is 0 Å². The fourth-order valence-corrected chi connectivity index (χ4v) is 2.05. The van der Waals surface area contributed by atoms with Gasteiger partial charge >= 0.3 is 6.36 Å². The van der Waals surface area contributed by atoms with E-state index in [0.717, 1.165) is 12.0 Å². The van der Waals surface area contributed by atoms with Crippen molar-refractivity contribution in [2.75, 3.05) is 0 Å². The van der Waals surface area contributed by atoms with Crippen molar-refractivity contribution < 1.29 is 17.9 Å². The summed E-state index contributed by atoms with van der Waals surface area (Å²) in [4.78, 5) is 0. The molecule has 0 saturated carbocycles. The van der Waals surface area contributed by atoms with E-state index in [9.17, 15) is 13.2 Å². The Morgan fingerprint density at radius 2 is 2.07 bits per heavy atom. The summed E-state index contributed by atoms with van der Waals surface area (Å²) >= 11 is 0. The van der Waals surface area contributed by atoms with Gasteiger partial charge in [0.15, 0.2) is 0 Å². The zero-order chi connectivity index (χ0) is 11.1. The minimum absolute atomic E-state index is 0.0376. The second-order valence-corrected chi connectivity index (χ2v) is 3.81. The molecule has 0 heterocycles. The molecule has 1 atom stereocenters. The van der Waals surface area contributed by atoms with Gasteiger partial charge in [-0.3, -0.25) is 0 Å². The molecule has 0 aliphatic heterocycles. The highest BCUT2D eigenvalue weighted by Crippen LogP contribution is 2.39. The molecule has 1 aromatic carbocycles. The van der Waals surface area contributed by atoms with Gasteiger partial charge in [-0.05, 0) is 36.0 Å². The second kappa shape index (κ2) is 3.43. The highest BCUT2D eigenvalue weighted by Gasteiger charge is 2.33. The SMILES string of the molecule is CC1CCc2c(OC(F)(F)F)cccc21. The Kier molecular flexibility index (Phi) is 2.37. The standard InChI is InChI=1S/C11H11F3O/c1-7-5-6-9-8(7)3-2-4-10(9)15-11(12,13)14/h2-4,7H,5-6H2,1H3. The Labute approximate surface area is 85.9 Å². The van der Waals surface area contributed by atoms with E-state index >= 15 is 0 Å². The topological polar surface area (TPSA) is 9.23 Å². The molecule has 0 amide bonds. The first-order valence-electron chi connectivity index (χ1n) is 4.85. The van der Waals surface area contributed by atoms with Gasteiger partial charge in [0.1, 0.15) is 5.75 Å². The van der Waals surface area contributed by atoms with Gasteiger partial charge in [0, 0.05) is 0 Å². The van der Waals surface area contributed by atoms with Crippen molar-refractivity contribution in [3.05, 3.63) is 29.3 Å². The molecule has 1 nitrogen and oxygen atoms in total. The minimum atomic E-state index is -4.60. The lowest BCUT2D eigenvalue weighted by Gasteiger charge is -2.13. The molecule has 0 spiro atoms. The molecule has 0 N–H and O–H groups in total. The fourth-order valence-electron chi connectivity index (χ4n) is 2.05. The minimum Gasteiger partial charge on any atom is -0.405 e. The molecular formula is C11H11F3O. The van der Waals surface area contributed by atoms with Crippen LogP contribution in [0.4, 0.5) is 13.2 Å². The lowest BCUT2D eigenvalue weighted by molar-refractivity contribution is -0.274. The molecule has 1 aliphatic rings. The molecule has 15 heavy (non-hydrogen) atoms. The van der Waals surface area contributed by atoms with Crippen LogP contribution in [0.5, 0.6) is 5.75 Å². The van der Waals surface area contributed by atoms with Gasteiger partial charge in [-0.25, -0.2) is 0 Å². The van der Waals surface area contributed by atoms with E-state index in [1.807, 2.05) is 13.0 Å². The summed E-state index contributed by atoms with van der Waals surface area (Å²) in [6.07, 6.45) is -3.03. The van der Waals surface area contributed by atoms with E-state index in [2.05, 4.69) is 4.74 Å². The van der Waals surface area contributed by atoms with Gasteiger partial charge in [-0.1, -0.05) is 19.1 Å². The predicted octanol–water partition coefficient (Wildman–Crippen LogP) is 3.63. The summed E-state index contributed by atoms with van der Waals surface area (Å²) in [6.45, 7) is 2.02. The molecule has 1 aromatic rings. The molecule has 2 rings (SSSR count). The van der Waals surface area contributed by atoms with Crippen molar-refractivity contribution in [2.45, 2.75) is 32.0 Å². The Balaban J connectivity index is 2.34. The third kappa shape index (κ3) is 2.08. The van der Waals surface area contributed by atoms with Crippen molar-refractivity contribution >= 4 is 0 Å². The van der Waals surface area contributed by atoms with Crippen molar-refractivity contribution in [2.24, 2.45) is 0 Å². The van der Waals surface area contributed by atoms with Gasteiger partial charge in [-0.2, -0.15) is 0 Å². The monoisotopic (exact) mass is 216 g/mol. The quantitative estimate of drug-likeness (QED) is 0.696. The van der Waals surface area contributed by atoms with Crippen LogP contribution in [0.15, 0.2) is 18.2 Å². The van der Waals surface area contributed by atoms with Gasteiger partial charge in [0.05, 0.1) is 0 Å². The van der Waals surface area contributed by atoms with Gasteiger partial charge in [-0.15, -0.1) is 13.2 Å². The first-order chi connectivity index (χ1) is 6.97. The Morgan fingerprint density at radius 1 is 1.33 bits per heavy atom. The third-order valence-electron chi connectivity index (χ3n) is 2.75. The molecule has 0 fully saturated rings. The third-order valence-corrected chi connectivity index (χ3v) is 2.75. The van der Waals surface area contributed by atoms with Crippen LogP contribution in [0, 0.1) is 0 Å². The molecule has 0 saturated heterocycles. The van der Waals surface area contributed by atoms with Crippen molar-refractivity contribution in [3.8, 4) is 5.75 Å². The maximum atomic E-state index is 12.1. The zero-order valence-corrected chi connectivity index (χ0v) is 8.27. The molecule has 0 radical (unpaired) electrons. The Morgan fingerprint density at radius 3 is 2.73 bits per heavy atom. The summed E-state index contributed by atoms with van der Waals surface area (Å²) in [7, 11) is 0. The average molecular weight is 216 g/mol. The zero-order valence-electron chi connectivity index (χ0n) is 8.27. The van der Waals surface area contributed by atoms with Crippen LogP contribution >= 0.6 is 0 Å². The van der Waals surface area contributed by atoms with Crippen LogP contribution in [0.1, 0.15) is 30.4 Å². The normalized spacial score (nSPS) is 20.1. The average Bonchev–Trinajstić information content (AvgIpc) is 2.47. The largest absolute Gasteiger partial charge is 0.573 e. The van der Waals surface area contributed by atoms with E-state index in [0.29, 0.717) is 17.9 Å². The molecule has 1 unspecified atom stereocenters. The van der Waals surface area contributed by atoms with Crippen molar-refractivity contribution in [1.82, 2.24) is 0 Å². The molecule has 1 aliphatic carbocycles. The number of hydrogen-bond donors (Lipinski definition) is 0. The molecular weight excluding hydrogens is 205 g/mol. The Bertz CT molecular complexity index is 371. The number of halogens is 3. The van der Waals surface area contributed by atoms with Crippen LogP contribution in [0.2, 0.25) is 0 Å². The summed E-state index contributed by atoms with van der Waals surface area (Å²) < 4.78 is 40.2. The smallest absolute Gasteiger partial charge is 0.405 e. The number of fused-ring (bicyclic) bond motifs is 1. The van der Waals surface area contributed by atoms with Crippen LogP contribution in [-0.2, 0) is 6.42 Å². The predicted molar refractivity (Wildman–Crippen MR) is 49.9 cm³/mol. The molecule has 0 aromatic heterocycles. The van der Waals surface area contributed by atoms with E-state index in [4.69, 9.17) is 0 Å². The first kappa shape index (κ1) is 10.3. The number of ether oxygens (including phenoxy) is 1. The Hall–Kier alpha value is -1.19. The van der Waals surface area contributed by atoms with E-state index in [1.165, 1.54) is 6.07 Å². The van der Waals surface area contributed by atoms with Crippen LogP contribution in [0.25, 0.3) is 0 Å². The molecule has 0 bridgehead atoms. The van der Waals surface area contributed by atoms with Crippen LogP contribution in [0.3, 0.4) is 0 Å². The second-order valence-electron chi connectivity index (χ2n) is 3.81. The van der Waals surface area contributed by atoms with Crippen molar-refractivity contribution in [3.63, 3.8) is 0 Å². The fraction of sp³-hybridized carbons (Fsp3) is 0.455. The van der Waals surface area contributed by atoms with E-state index in [-0.39, 0.29) is 5.75 Å². The highest BCUT2D eigenvalue weighted by atomic mass is 19.4. The van der Waals surface area contributed by atoms with Crippen molar-refractivity contribution in [1.29, 1.82) is 0 Å². The summed E-state index contributed by atoms with van der Waals surface area (Å²) in [5, 5.41) is 0. The van der Waals surface area contributed by atoms with Gasteiger partial charge in [0.2, 0.25) is 0 Å². The van der Waals surface area contributed by atoms with Crippen LogP contribution < -0.4 is 4.74 Å².